The Labute approximate surface area is 724 Å². The highest BCUT2D eigenvalue weighted by Crippen LogP contribution is 2.27. The first-order chi connectivity index (χ1) is 55.6. The summed E-state index contributed by atoms with van der Waals surface area (Å²) in [6, 6.07) is 45.5. The molecule has 4 aliphatic heterocycles. The number of nitrogens with two attached hydrogens (primary N) is 1. The van der Waals surface area contributed by atoms with Gasteiger partial charge in [-0.2, -0.15) is 0 Å². The first-order valence-corrected chi connectivity index (χ1v) is 42.7. The number of aromatic carboxylic acids is 1. The molecule has 0 bridgehead atoms. The van der Waals surface area contributed by atoms with Crippen molar-refractivity contribution < 1.29 is 77.1 Å². The van der Waals surface area contributed by atoms with Crippen molar-refractivity contribution in [3.05, 3.63) is 179 Å². The van der Waals surface area contributed by atoms with Gasteiger partial charge in [-0.3, -0.25) is 14.5 Å². The summed E-state index contributed by atoms with van der Waals surface area (Å²) in [4.78, 5) is 56.0. The predicted molar refractivity (Wildman–Crippen MR) is 475 cm³/mol. The third-order valence-corrected chi connectivity index (χ3v) is 18.8. The number of esters is 1. The first kappa shape index (κ1) is 104. The third-order valence-electron chi connectivity index (χ3n) is 17.3. The maximum atomic E-state index is 11.9. The van der Waals surface area contributed by atoms with Crippen LogP contribution in [0.4, 0.5) is 0 Å². The molecule has 0 saturated carbocycles. The summed E-state index contributed by atoms with van der Waals surface area (Å²) in [5, 5.41) is 31.7. The number of aliphatic hydroxyl groups is 2. The Morgan fingerprint density at radius 1 is 0.487 bits per heavy atom. The molecule has 6 aromatic rings. The van der Waals surface area contributed by atoms with Crippen LogP contribution in [0.2, 0.25) is 0 Å². The molecule has 650 valence electrons. The van der Waals surface area contributed by atoms with E-state index >= 15 is 0 Å². The van der Waals surface area contributed by atoms with Gasteiger partial charge >= 0.3 is 11.9 Å². The Bertz CT molecular complexity index is 3720. The van der Waals surface area contributed by atoms with E-state index in [1.807, 2.05) is 48.5 Å². The van der Waals surface area contributed by atoms with Crippen LogP contribution in [0.15, 0.2) is 156 Å². The van der Waals surface area contributed by atoms with E-state index < -0.39 is 22.3 Å². The molecule has 117 heavy (non-hydrogen) atoms. The van der Waals surface area contributed by atoms with Crippen molar-refractivity contribution in [1.82, 2.24) is 15.5 Å². The zero-order valence-electron chi connectivity index (χ0n) is 70.4. The SMILES string of the molecule is CC(C)(CO)NC(=O)c1ccc(OCCCCl)cc1.CC(C)(N)CO.CC1(C)COC(c2ccc(OCCCCl)cc2)=N1.CC1CCC(C)N1.CC1CCC(C)N1CCCOc1ccc(C2=NC(C)(C)CO2)cc1.COC(=O)c1ccc(OCCCCl)cc1.O=C(Cl)c1ccc(OCCCCl)cc1.O=C(O)c1ccc(OCCCCl)cc1. The molecule has 2 fully saturated rings. The second-order valence-electron chi connectivity index (χ2n) is 30.6. The number of nitrogens with one attached hydrogen (secondary N) is 2. The number of benzene rings is 6. The van der Waals surface area contributed by atoms with Gasteiger partial charge in [0.15, 0.2) is 0 Å². The number of likely N-dealkylation sites (tertiary alicyclic amines) is 1. The molecule has 6 aromatic carbocycles. The molecule has 0 radical (unpaired) electrons. The van der Waals surface area contributed by atoms with Gasteiger partial charge in [0, 0.05) is 87.9 Å². The maximum Gasteiger partial charge on any atom is 0.337 e. The number of carboxylic acids is 1. The second-order valence-corrected chi connectivity index (χ2v) is 32.8. The fourth-order valence-corrected chi connectivity index (χ4v) is 11.3. The highest BCUT2D eigenvalue weighted by Gasteiger charge is 2.29. The summed E-state index contributed by atoms with van der Waals surface area (Å²) in [6.07, 6.45) is 10.5. The molecular formula is C89H126Cl6N6O16. The van der Waals surface area contributed by atoms with Gasteiger partial charge in [0.25, 0.3) is 11.1 Å². The topological polar surface area (TPSA) is 290 Å². The number of carbonyl (C=O) groups excluding carboxylic acids is 3. The number of nitrogens with zero attached hydrogens (tertiary/aromatic N) is 3. The summed E-state index contributed by atoms with van der Waals surface area (Å²) < 4.78 is 48.7. The quantitative estimate of drug-likeness (QED) is 0.00947. The highest BCUT2D eigenvalue weighted by molar-refractivity contribution is 6.67. The van der Waals surface area contributed by atoms with Crippen molar-refractivity contribution in [2.45, 2.75) is 194 Å². The highest BCUT2D eigenvalue weighted by atomic mass is 35.5. The number of methoxy groups -OCH3 is 1. The van der Waals surface area contributed by atoms with E-state index in [2.05, 4.69) is 85.6 Å². The third kappa shape index (κ3) is 45.1. The number of halogens is 6. The zero-order chi connectivity index (χ0) is 86.8. The lowest BCUT2D eigenvalue weighted by molar-refractivity contribution is 0.0599. The van der Waals surface area contributed by atoms with E-state index in [9.17, 15) is 19.2 Å². The number of carboxylic acid groups (broad SMARTS) is 1. The summed E-state index contributed by atoms with van der Waals surface area (Å²) in [7, 11) is 1.35. The van der Waals surface area contributed by atoms with Gasteiger partial charge in [0.05, 0.1) is 87.7 Å². The molecule has 7 N–H and O–H groups in total. The Hall–Kier alpha value is -7.32. The van der Waals surface area contributed by atoms with E-state index in [1.54, 1.807) is 113 Å². The number of amides is 1. The van der Waals surface area contributed by atoms with Crippen LogP contribution in [0.1, 0.15) is 200 Å². The molecule has 4 atom stereocenters. The average molecular weight is 1750 g/mol. The summed E-state index contributed by atoms with van der Waals surface area (Å²) >= 11 is 32.9. The fourth-order valence-electron chi connectivity index (χ4n) is 10.7. The van der Waals surface area contributed by atoms with Gasteiger partial charge in [-0.25, -0.2) is 19.6 Å². The molecule has 4 aliphatic rings. The lowest BCUT2D eigenvalue weighted by atomic mass is 10.1. The molecule has 22 nitrogen and oxygen atoms in total. The van der Waals surface area contributed by atoms with Gasteiger partial charge in [-0.15, -0.1) is 58.0 Å². The van der Waals surface area contributed by atoms with Crippen molar-refractivity contribution in [3.63, 3.8) is 0 Å². The Balaban J connectivity index is 0.000000355. The molecule has 4 heterocycles. The minimum Gasteiger partial charge on any atom is -0.494 e. The fraction of sp³-hybridized carbons (Fsp3) is 0.528. The smallest absolute Gasteiger partial charge is 0.337 e. The number of ether oxygens (including phenoxy) is 9. The molecule has 10 rings (SSSR count). The van der Waals surface area contributed by atoms with Crippen LogP contribution in [-0.2, 0) is 14.2 Å². The van der Waals surface area contributed by atoms with Crippen LogP contribution in [0.3, 0.4) is 0 Å². The predicted octanol–water partition coefficient (Wildman–Crippen LogP) is 18.1. The Morgan fingerprint density at radius 2 is 0.786 bits per heavy atom. The first-order valence-electron chi connectivity index (χ1n) is 39.6. The molecule has 4 unspecified atom stereocenters. The van der Waals surface area contributed by atoms with Gasteiger partial charge < -0.3 is 74.3 Å². The van der Waals surface area contributed by atoms with Gasteiger partial charge in [0.2, 0.25) is 11.8 Å². The van der Waals surface area contributed by atoms with Gasteiger partial charge in [-0.05, 0) is 304 Å². The van der Waals surface area contributed by atoms with Crippen LogP contribution < -0.4 is 44.8 Å². The molecule has 2 saturated heterocycles. The number of alkyl halides is 5. The van der Waals surface area contributed by atoms with E-state index in [1.165, 1.54) is 44.9 Å². The van der Waals surface area contributed by atoms with E-state index in [0.717, 1.165) is 116 Å². The van der Waals surface area contributed by atoms with Crippen molar-refractivity contribution in [2.24, 2.45) is 15.7 Å². The Morgan fingerprint density at radius 3 is 1.04 bits per heavy atom. The lowest BCUT2D eigenvalue weighted by Gasteiger charge is -2.25. The standard InChI is InChI=1S/C20H30N2O2.C14H20ClNO3.C14H18ClNO2.C11H13ClO3.C10H10Cl2O2.C10H11ClO3.C6H13N.C4H11NO/c1-15-6-7-16(2)22(15)12-5-13-23-18-10-8-17(9-11-18)19-21-20(3,4)14-24-19;1-14(2,10-17)16-13(18)11-4-6-12(7-5-11)19-9-3-8-15;1-14(2)10-18-13(16-14)11-4-6-12(7-5-11)17-9-3-8-15;1-14-11(13)9-3-5-10(6-4-9)15-8-2-7-12;2*11-6-1-7-14-9-4-2-8(3-5-9)10(12)13;1-5-3-4-6(2)7-5;1-4(2,5)3-6/h8-11,15-16H,5-7,12-14H2,1-4H3;4-7,17H,3,8-10H2,1-2H3,(H,16,18);4-7H,3,8-10H2,1-2H3;3-6H,2,7-8H2,1H3;2-5H,1,6-7H2;2-5H,1,6-7H2,(H,12,13);5-7H,3-4H2,1-2H3;6H,3,5H2,1-2H3. The molecule has 1 amide bonds. The van der Waals surface area contributed by atoms with Crippen molar-refractivity contribution in [2.75, 3.05) is 109 Å². The average Bonchev–Trinajstić information content (AvgIpc) is 1.72. The number of rotatable bonds is 34. The maximum absolute atomic E-state index is 11.9. The summed E-state index contributed by atoms with van der Waals surface area (Å²) in [5.41, 5.74) is 7.80. The van der Waals surface area contributed by atoms with Crippen LogP contribution in [0, 0.1) is 0 Å². The minimum absolute atomic E-state index is 0.0486. The second kappa shape index (κ2) is 57.0. The molecule has 28 heteroatoms. The minimum atomic E-state index is -0.933. The zero-order valence-corrected chi connectivity index (χ0v) is 74.9. The number of hydrogen-bond acceptors (Lipinski definition) is 20. The lowest BCUT2D eigenvalue weighted by Crippen LogP contribution is -2.46. The van der Waals surface area contributed by atoms with E-state index in [0.29, 0.717) is 110 Å². The Kier molecular flexibility index (Phi) is 50.6. The van der Waals surface area contributed by atoms with Crippen molar-refractivity contribution in [3.8, 4) is 34.5 Å². The van der Waals surface area contributed by atoms with Gasteiger partial charge in [-0.1, -0.05) is 0 Å². The number of carbonyl (C=O) groups is 4. The van der Waals surface area contributed by atoms with Crippen LogP contribution in [0.5, 0.6) is 34.5 Å². The van der Waals surface area contributed by atoms with Crippen molar-refractivity contribution in [1.29, 1.82) is 0 Å². The van der Waals surface area contributed by atoms with Crippen LogP contribution in [-0.4, -0.2) is 211 Å². The number of aliphatic hydroxyl groups excluding tert-OH is 2. The molecule has 0 aromatic heterocycles. The number of hydrogen-bond donors (Lipinski definition) is 6. The van der Waals surface area contributed by atoms with Crippen LogP contribution >= 0.6 is 69.6 Å². The van der Waals surface area contributed by atoms with Crippen molar-refractivity contribution >= 4 is 104 Å². The van der Waals surface area contributed by atoms with Gasteiger partial charge in [0.1, 0.15) is 47.7 Å². The molecular weight excluding hydrogens is 1620 g/mol. The van der Waals surface area contributed by atoms with E-state index in [-0.39, 0.29) is 41.7 Å². The summed E-state index contributed by atoms with van der Waals surface area (Å²) in [5.74, 6) is 7.47. The molecule has 0 aliphatic carbocycles. The van der Waals surface area contributed by atoms with Crippen LogP contribution in [0.25, 0.3) is 0 Å². The summed E-state index contributed by atoms with van der Waals surface area (Å²) in [6.45, 7) is 30.5. The largest absolute Gasteiger partial charge is 0.494 e. The number of aliphatic imine (C=N–C) groups is 2. The monoisotopic (exact) mass is 1740 g/mol. The normalized spacial score (nSPS) is 16.6. The molecule has 0 spiro atoms. The van der Waals surface area contributed by atoms with E-state index in [4.69, 9.17) is 129 Å².